The molecule has 2 aromatic heterocycles. The van der Waals surface area contributed by atoms with E-state index in [4.69, 9.17) is 12.2 Å². The molecule has 0 aliphatic carbocycles. The van der Waals surface area contributed by atoms with Gasteiger partial charge < -0.3 is 25.2 Å². The predicted octanol–water partition coefficient (Wildman–Crippen LogP) is 4.71. The number of hydrogen-bond donors (Lipinski definition) is 3. The van der Waals surface area contributed by atoms with Crippen LogP contribution in [0.5, 0.6) is 0 Å². The standard InChI is InChI=1S/C28H24FN5O3S/c29-20-6-1-2-7-21(20)31-24(35)14-17-34-26(25(32-28(34)38)22-8-3-4-15-30-22)23-9-5-16-33(23)19-12-10-18(11-13-19)27(36)37/h1-13,15-16,25-26H,14,17H2,(H,31,35)(H,32,38)(H,36,37)/t25-,26-/m0/s1. The lowest BCUT2D eigenvalue weighted by molar-refractivity contribution is -0.116. The van der Waals surface area contributed by atoms with Crippen molar-refractivity contribution in [2.24, 2.45) is 0 Å². The van der Waals surface area contributed by atoms with Gasteiger partial charge in [0.15, 0.2) is 5.11 Å². The first-order chi connectivity index (χ1) is 18.4. The van der Waals surface area contributed by atoms with Crippen molar-refractivity contribution < 1.29 is 19.1 Å². The first kappa shape index (κ1) is 25.1. The van der Waals surface area contributed by atoms with Crippen molar-refractivity contribution in [2.75, 3.05) is 11.9 Å². The Balaban J connectivity index is 1.45. The summed E-state index contributed by atoms with van der Waals surface area (Å²) in [5, 5.41) is 15.7. The molecule has 1 aliphatic rings. The van der Waals surface area contributed by atoms with Gasteiger partial charge in [-0.1, -0.05) is 18.2 Å². The summed E-state index contributed by atoms with van der Waals surface area (Å²) in [6.07, 6.45) is 3.69. The largest absolute Gasteiger partial charge is 0.478 e. The van der Waals surface area contributed by atoms with Gasteiger partial charge in [0.2, 0.25) is 5.91 Å². The van der Waals surface area contributed by atoms with Gasteiger partial charge in [-0.15, -0.1) is 0 Å². The van der Waals surface area contributed by atoms with Gasteiger partial charge in [0, 0.05) is 36.7 Å². The number of aromatic carboxylic acids is 1. The van der Waals surface area contributed by atoms with Crippen LogP contribution >= 0.6 is 12.2 Å². The fourth-order valence-corrected chi connectivity index (χ4v) is 4.93. The molecule has 1 amide bonds. The second-order valence-corrected chi connectivity index (χ2v) is 9.14. The highest BCUT2D eigenvalue weighted by Crippen LogP contribution is 2.39. The molecule has 0 radical (unpaired) electrons. The van der Waals surface area contributed by atoms with Crippen LogP contribution in [-0.2, 0) is 4.79 Å². The number of thiocarbonyl (C=S) groups is 1. The van der Waals surface area contributed by atoms with Crippen molar-refractivity contribution in [3.05, 3.63) is 114 Å². The zero-order chi connectivity index (χ0) is 26.6. The van der Waals surface area contributed by atoms with E-state index in [1.54, 1.807) is 42.6 Å². The third-order valence-corrected chi connectivity index (χ3v) is 6.75. The zero-order valence-corrected chi connectivity index (χ0v) is 20.9. The minimum atomic E-state index is -0.996. The fraction of sp³-hybridized carbons (Fsp3) is 0.143. The molecule has 192 valence electrons. The summed E-state index contributed by atoms with van der Waals surface area (Å²) >= 11 is 5.70. The van der Waals surface area contributed by atoms with Gasteiger partial charge in [-0.25, -0.2) is 9.18 Å². The Kier molecular flexibility index (Phi) is 7.14. The summed E-state index contributed by atoms with van der Waals surface area (Å²) in [7, 11) is 0. The maximum absolute atomic E-state index is 14.0. The van der Waals surface area contributed by atoms with Crippen LogP contribution in [0.15, 0.2) is 91.3 Å². The number of anilines is 1. The van der Waals surface area contributed by atoms with E-state index in [0.717, 1.165) is 17.1 Å². The maximum Gasteiger partial charge on any atom is 0.335 e. The molecule has 1 aliphatic heterocycles. The molecule has 38 heavy (non-hydrogen) atoms. The first-order valence-electron chi connectivity index (χ1n) is 12.0. The summed E-state index contributed by atoms with van der Waals surface area (Å²) in [6.45, 7) is 0.281. The number of nitrogens with zero attached hydrogens (tertiary/aromatic N) is 3. The second-order valence-electron chi connectivity index (χ2n) is 8.75. The zero-order valence-electron chi connectivity index (χ0n) is 20.1. The number of hydrogen-bond acceptors (Lipinski definition) is 4. The minimum Gasteiger partial charge on any atom is -0.478 e. The molecule has 1 fully saturated rings. The Hall–Kier alpha value is -4.57. The number of aromatic nitrogens is 2. The number of carboxylic acid groups (broad SMARTS) is 1. The molecule has 10 heteroatoms. The molecule has 8 nitrogen and oxygen atoms in total. The van der Waals surface area contributed by atoms with Crippen LogP contribution in [0.1, 0.15) is 40.3 Å². The monoisotopic (exact) mass is 529 g/mol. The lowest BCUT2D eigenvalue weighted by Gasteiger charge is -2.29. The van der Waals surface area contributed by atoms with Crippen molar-refractivity contribution in [3.63, 3.8) is 0 Å². The van der Waals surface area contributed by atoms with Crippen LogP contribution in [0.3, 0.4) is 0 Å². The Bertz CT molecular complexity index is 1480. The first-order valence-corrected chi connectivity index (χ1v) is 12.4. The molecule has 5 rings (SSSR count). The highest BCUT2D eigenvalue weighted by atomic mass is 32.1. The van der Waals surface area contributed by atoms with Gasteiger partial charge in [-0.05, 0) is 72.9 Å². The molecule has 0 spiro atoms. The number of rotatable bonds is 8. The van der Waals surface area contributed by atoms with Gasteiger partial charge in [0.05, 0.1) is 29.0 Å². The Morgan fingerprint density at radius 3 is 2.50 bits per heavy atom. The summed E-state index contributed by atoms with van der Waals surface area (Å²) in [4.78, 5) is 30.5. The summed E-state index contributed by atoms with van der Waals surface area (Å²) in [5.74, 6) is -1.83. The van der Waals surface area contributed by atoms with Crippen LogP contribution in [0.2, 0.25) is 0 Å². The van der Waals surface area contributed by atoms with Crippen LogP contribution in [0, 0.1) is 5.82 Å². The predicted molar refractivity (Wildman–Crippen MR) is 145 cm³/mol. The quantitative estimate of drug-likeness (QED) is 0.284. The van der Waals surface area contributed by atoms with Crippen molar-refractivity contribution in [1.82, 2.24) is 19.8 Å². The molecule has 0 unspecified atom stereocenters. The van der Waals surface area contributed by atoms with Gasteiger partial charge >= 0.3 is 5.97 Å². The number of para-hydroxylation sites is 1. The van der Waals surface area contributed by atoms with Crippen molar-refractivity contribution in [1.29, 1.82) is 0 Å². The van der Waals surface area contributed by atoms with E-state index in [9.17, 15) is 19.1 Å². The number of carbonyl (C=O) groups excluding carboxylic acids is 1. The van der Waals surface area contributed by atoms with Crippen LogP contribution in [0.4, 0.5) is 10.1 Å². The summed E-state index contributed by atoms with van der Waals surface area (Å²) in [5.41, 5.74) is 2.77. The maximum atomic E-state index is 14.0. The van der Waals surface area contributed by atoms with Crippen molar-refractivity contribution in [2.45, 2.75) is 18.5 Å². The average molecular weight is 530 g/mol. The molecule has 0 saturated carbocycles. The van der Waals surface area contributed by atoms with E-state index in [-0.39, 0.29) is 42.2 Å². The molecular weight excluding hydrogens is 505 g/mol. The Labute approximate surface area is 223 Å². The lowest BCUT2D eigenvalue weighted by atomic mass is 10.0. The van der Waals surface area contributed by atoms with E-state index in [1.807, 2.05) is 46.0 Å². The number of pyridine rings is 1. The summed E-state index contributed by atoms with van der Waals surface area (Å²) in [6, 6.07) is 21.5. The molecule has 2 aromatic carbocycles. The Morgan fingerprint density at radius 2 is 1.79 bits per heavy atom. The van der Waals surface area contributed by atoms with E-state index in [1.165, 1.54) is 12.1 Å². The number of amides is 1. The number of benzene rings is 2. The highest BCUT2D eigenvalue weighted by molar-refractivity contribution is 7.80. The topological polar surface area (TPSA) is 99.5 Å². The van der Waals surface area contributed by atoms with Gasteiger partial charge in [0.1, 0.15) is 5.82 Å². The number of carboxylic acids is 1. The number of nitrogens with one attached hydrogen (secondary N) is 2. The van der Waals surface area contributed by atoms with E-state index >= 15 is 0 Å². The van der Waals surface area contributed by atoms with E-state index in [0.29, 0.717) is 5.11 Å². The van der Waals surface area contributed by atoms with Crippen LogP contribution < -0.4 is 10.6 Å². The lowest BCUT2D eigenvalue weighted by Crippen LogP contribution is -2.33. The Morgan fingerprint density at radius 1 is 1.03 bits per heavy atom. The van der Waals surface area contributed by atoms with Crippen LogP contribution in [-0.4, -0.2) is 43.1 Å². The number of carbonyl (C=O) groups is 2. The molecule has 0 bridgehead atoms. The van der Waals surface area contributed by atoms with Crippen molar-refractivity contribution >= 4 is 34.9 Å². The molecule has 2 atom stereocenters. The minimum absolute atomic E-state index is 0.0790. The molecule has 3 N–H and O–H groups in total. The molecule has 3 heterocycles. The third kappa shape index (κ3) is 5.12. The smallest absolute Gasteiger partial charge is 0.335 e. The normalized spacial score (nSPS) is 16.8. The van der Waals surface area contributed by atoms with Crippen molar-refractivity contribution in [3.8, 4) is 5.69 Å². The van der Waals surface area contributed by atoms with E-state index in [2.05, 4.69) is 15.6 Å². The van der Waals surface area contributed by atoms with Crippen LogP contribution in [0.25, 0.3) is 5.69 Å². The molecule has 4 aromatic rings. The summed E-state index contributed by atoms with van der Waals surface area (Å²) < 4.78 is 16.0. The fourth-order valence-electron chi connectivity index (χ4n) is 4.60. The average Bonchev–Trinajstić information content (AvgIpc) is 3.53. The van der Waals surface area contributed by atoms with Gasteiger partial charge in [0.25, 0.3) is 0 Å². The highest BCUT2D eigenvalue weighted by Gasteiger charge is 2.41. The van der Waals surface area contributed by atoms with Gasteiger partial charge in [-0.2, -0.15) is 0 Å². The van der Waals surface area contributed by atoms with E-state index < -0.39 is 11.8 Å². The third-order valence-electron chi connectivity index (χ3n) is 6.40. The van der Waals surface area contributed by atoms with Gasteiger partial charge in [-0.3, -0.25) is 9.78 Å². The molecule has 1 saturated heterocycles. The SMILES string of the molecule is O=C(CCN1C(=S)N[C@@H](c2ccccn2)[C@@H]1c1cccn1-c1ccc(C(=O)O)cc1)Nc1ccccc1F. The number of halogens is 1. The molecular formula is C28H24FN5O3S. The second kappa shape index (κ2) is 10.8.